The third-order valence-corrected chi connectivity index (χ3v) is 4.43. The van der Waals surface area contributed by atoms with Crippen LogP contribution in [0.15, 0.2) is 24.3 Å². The molecule has 0 spiro atoms. The van der Waals surface area contributed by atoms with Gasteiger partial charge in [0, 0.05) is 32.3 Å². The summed E-state index contributed by atoms with van der Waals surface area (Å²) >= 11 is 0. The van der Waals surface area contributed by atoms with Crippen LogP contribution in [-0.4, -0.2) is 55.0 Å². The Morgan fingerprint density at radius 3 is 2.41 bits per heavy atom. The first-order valence-corrected chi connectivity index (χ1v) is 7.41. The van der Waals surface area contributed by atoms with E-state index in [4.69, 9.17) is 4.74 Å². The molecule has 22 heavy (non-hydrogen) atoms. The first kappa shape index (κ1) is 15.1. The van der Waals surface area contributed by atoms with Crippen LogP contribution in [0.1, 0.15) is 5.56 Å². The van der Waals surface area contributed by atoms with E-state index in [2.05, 4.69) is 0 Å². The second-order valence-corrected chi connectivity index (χ2v) is 5.82. The zero-order chi connectivity index (χ0) is 15.7. The van der Waals surface area contributed by atoms with Crippen molar-refractivity contribution in [1.82, 2.24) is 9.80 Å². The molecule has 0 radical (unpaired) electrons. The number of hydrogen-bond acceptors (Lipinski definition) is 4. The van der Waals surface area contributed by atoms with Crippen molar-refractivity contribution in [3.05, 3.63) is 35.6 Å². The monoisotopic (exact) mass is 306 g/mol. The summed E-state index contributed by atoms with van der Waals surface area (Å²) in [5.41, 5.74) is 0.596. The van der Waals surface area contributed by atoms with Gasteiger partial charge in [0.1, 0.15) is 5.82 Å². The van der Waals surface area contributed by atoms with E-state index < -0.39 is 0 Å². The summed E-state index contributed by atoms with van der Waals surface area (Å²) in [6.45, 7) is 2.11. The van der Waals surface area contributed by atoms with Gasteiger partial charge in [0.15, 0.2) is 0 Å². The minimum Gasteiger partial charge on any atom is -0.383 e. The molecule has 6 heteroatoms. The van der Waals surface area contributed by atoms with Crippen LogP contribution in [0.25, 0.3) is 0 Å². The largest absolute Gasteiger partial charge is 0.383 e. The Balaban J connectivity index is 1.66. The third kappa shape index (κ3) is 2.64. The van der Waals surface area contributed by atoms with Crippen LogP contribution in [0.3, 0.4) is 0 Å². The fourth-order valence-corrected chi connectivity index (χ4v) is 3.29. The van der Waals surface area contributed by atoms with Crippen LogP contribution in [0, 0.1) is 17.7 Å². The number of carbonyl (C=O) groups is 2. The van der Waals surface area contributed by atoms with Crippen LogP contribution < -0.4 is 0 Å². The maximum Gasteiger partial charge on any atom is 0.234 e. The fraction of sp³-hybridized carbons (Fsp3) is 0.500. The Morgan fingerprint density at radius 1 is 1.18 bits per heavy atom. The van der Waals surface area contributed by atoms with Crippen molar-refractivity contribution in [3.63, 3.8) is 0 Å². The number of imide groups is 1. The Labute approximate surface area is 128 Å². The molecule has 2 saturated heterocycles. The molecule has 0 saturated carbocycles. The molecule has 2 aliphatic heterocycles. The fourth-order valence-electron chi connectivity index (χ4n) is 3.29. The van der Waals surface area contributed by atoms with Crippen LogP contribution in [0.4, 0.5) is 4.39 Å². The second-order valence-electron chi connectivity index (χ2n) is 5.82. The lowest BCUT2D eigenvalue weighted by Crippen LogP contribution is -2.37. The SMILES string of the molecule is COCCN1C(=O)[C@H]2CN(Cc3ccccc3F)C[C@H]2C1=O. The standard InChI is InChI=1S/C16H19FN2O3/c1-22-7-6-19-15(20)12-9-18(10-13(12)16(19)21)8-11-4-2-3-5-14(11)17/h2-5,12-13H,6-10H2,1H3/t12-,13+. The average molecular weight is 306 g/mol. The van der Waals surface area contributed by atoms with Gasteiger partial charge in [0.25, 0.3) is 0 Å². The topological polar surface area (TPSA) is 49.9 Å². The molecule has 1 aromatic rings. The number of nitrogens with zero attached hydrogens (tertiary/aromatic N) is 2. The number of hydrogen-bond donors (Lipinski definition) is 0. The average Bonchev–Trinajstić information content (AvgIpc) is 3.01. The second kappa shape index (κ2) is 6.14. The summed E-state index contributed by atoms with van der Waals surface area (Å²) in [5, 5.41) is 0. The highest BCUT2D eigenvalue weighted by Gasteiger charge is 2.51. The molecule has 0 bridgehead atoms. The zero-order valence-corrected chi connectivity index (χ0v) is 12.5. The van der Waals surface area contributed by atoms with Gasteiger partial charge < -0.3 is 4.74 Å². The summed E-state index contributed by atoms with van der Waals surface area (Å²) in [7, 11) is 1.54. The predicted octanol–water partition coefficient (Wildman–Crippen LogP) is 0.889. The van der Waals surface area contributed by atoms with Crippen molar-refractivity contribution < 1.29 is 18.7 Å². The summed E-state index contributed by atoms with van der Waals surface area (Å²) in [5.74, 6) is -1.09. The van der Waals surface area contributed by atoms with Crippen LogP contribution >= 0.6 is 0 Å². The van der Waals surface area contributed by atoms with Crippen molar-refractivity contribution in [2.75, 3.05) is 33.4 Å². The lowest BCUT2D eigenvalue weighted by molar-refractivity contribution is -0.141. The van der Waals surface area contributed by atoms with Gasteiger partial charge in [-0.1, -0.05) is 18.2 Å². The molecule has 0 unspecified atom stereocenters. The molecule has 0 aliphatic carbocycles. The number of amides is 2. The number of ether oxygens (including phenoxy) is 1. The normalized spacial score (nSPS) is 25.1. The Hall–Kier alpha value is -1.79. The van der Waals surface area contributed by atoms with E-state index in [9.17, 15) is 14.0 Å². The van der Waals surface area contributed by atoms with Gasteiger partial charge in [-0.3, -0.25) is 19.4 Å². The van der Waals surface area contributed by atoms with E-state index in [0.717, 1.165) is 0 Å². The molecule has 2 aliphatic rings. The van der Waals surface area contributed by atoms with Crippen LogP contribution in [0.2, 0.25) is 0 Å². The lowest BCUT2D eigenvalue weighted by atomic mass is 10.00. The Bertz CT molecular complexity index is 569. The van der Waals surface area contributed by atoms with E-state index in [1.54, 1.807) is 25.3 Å². The molecule has 118 valence electrons. The maximum atomic E-state index is 13.7. The maximum absolute atomic E-state index is 13.7. The molecule has 2 heterocycles. The van der Waals surface area contributed by atoms with Gasteiger partial charge in [-0.2, -0.15) is 0 Å². The number of rotatable bonds is 5. The summed E-state index contributed by atoms with van der Waals surface area (Å²) in [6, 6.07) is 6.60. The smallest absolute Gasteiger partial charge is 0.234 e. The van der Waals surface area contributed by atoms with Crippen LogP contribution in [-0.2, 0) is 20.9 Å². The number of benzene rings is 1. The molecule has 3 rings (SSSR count). The first-order valence-electron chi connectivity index (χ1n) is 7.41. The van der Waals surface area contributed by atoms with Crippen molar-refractivity contribution in [3.8, 4) is 0 Å². The van der Waals surface area contributed by atoms with Crippen molar-refractivity contribution >= 4 is 11.8 Å². The third-order valence-electron chi connectivity index (χ3n) is 4.43. The van der Waals surface area contributed by atoms with Gasteiger partial charge in [-0.05, 0) is 6.07 Å². The summed E-state index contributed by atoms with van der Waals surface area (Å²) in [4.78, 5) is 27.9. The van der Waals surface area contributed by atoms with Crippen molar-refractivity contribution in [2.45, 2.75) is 6.54 Å². The van der Waals surface area contributed by atoms with E-state index in [0.29, 0.717) is 38.3 Å². The van der Waals surface area contributed by atoms with Gasteiger partial charge in [0.05, 0.1) is 25.0 Å². The van der Waals surface area contributed by atoms with Gasteiger partial charge in [-0.15, -0.1) is 0 Å². The lowest BCUT2D eigenvalue weighted by Gasteiger charge is -2.20. The highest BCUT2D eigenvalue weighted by atomic mass is 19.1. The van der Waals surface area contributed by atoms with Crippen LogP contribution in [0.5, 0.6) is 0 Å². The number of fused-ring (bicyclic) bond motifs is 1. The predicted molar refractivity (Wildman–Crippen MR) is 77.3 cm³/mol. The Kier molecular flexibility index (Phi) is 4.22. The highest BCUT2D eigenvalue weighted by molar-refractivity contribution is 6.05. The van der Waals surface area contributed by atoms with Crippen molar-refractivity contribution in [2.24, 2.45) is 11.8 Å². The molecule has 0 aromatic heterocycles. The molecule has 2 amide bonds. The Morgan fingerprint density at radius 2 is 1.82 bits per heavy atom. The molecule has 1 aromatic carbocycles. The van der Waals surface area contributed by atoms with E-state index in [1.165, 1.54) is 11.0 Å². The van der Waals surface area contributed by atoms with Gasteiger partial charge >= 0.3 is 0 Å². The van der Waals surface area contributed by atoms with Gasteiger partial charge in [-0.25, -0.2) is 4.39 Å². The quantitative estimate of drug-likeness (QED) is 0.758. The number of methoxy groups -OCH3 is 1. The first-order chi connectivity index (χ1) is 10.6. The van der Waals surface area contributed by atoms with E-state index in [1.807, 2.05) is 4.90 Å². The zero-order valence-electron chi connectivity index (χ0n) is 12.5. The van der Waals surface area contributed by atoms with Crippen molar-refractivity contribution in [1.29, 1.82) is 0 Å². The molecule has 5 nitrogen and oxygen atoms in total. The molecule has 2 atom stereocenters. The number of carbonyl (C=O) groups excluding carboxylic acids is 2. The molecular weight excluding hydrogens is 287 g/mol. The van der Waals surface area contributed by atoms with E-state index in [-0.39, 0.29) is 29.5 Å². The highest BCUT2D eigenvalue weighted by Crippen LogP contribution is 2.34. The minimum absolute atomic E-state index is 0.122. The van der Waals surface area contributed by atoms with Gasteiger partial charge in [0.2, 0.25) is 11.8 Å². The molecular formula is C16H19FN2O3. The summed E-state index contributed by atoms with van der Waals surface area (Å²) < 4.78 is 18.6. The number of likely N-dealkylation sites (tertiary alicyclic amines) is 2. The molecule has 2 fully saturated rings. The van der Waals surface area contributed by atoms with E-state index >= 15 is 0 Å². The summed E-state index contributed by atoms with van der Waals surface area (Å²) in [6.07, 6.45) is 0. The molecule has 0 N–H and O–H groups in total. The minimum atomic E-state index is -0.295. The number of halogens is 1.